The van der Waals surface area contributed by atoms with Crippen LogP contribution in [0.15, 0.2) is 0 Å². The van der Waals surface area contributed by atoms with Crippen LogP contribution in [-0.2, 0) is 9.59 Å². The zero-order valence-corrected chi connectivity index (χ0v) is 8.59. The standard InChI is InChI=1S/C9H13ClN2O2/c10-5-7(13)12-3-1-2-6-4-9(6,12)8(11)14/h6H,1-5H2,(H2,11,14)/t6-,9+/m1/s1. The molecule has 2 rings (SSSR count). The van der Waals surface area contributed by atoms with Gasteiger partial charge in [0.05, 0.1) is 0 Å². The Balaban J connectivity index is 2.22. The molecule has 1 aliphatic carbocycles. The molecule has 2 aliphatic rings. The van der Waals surface area contributed by atoms with Crippen LogP contribution in [0.1, 0.15) is 19.3 Å². The Labute approximate surface area is 87.4 Å². The SMILES string of the molecule is NC(=O)[C@]12C[C@H]1CCCN2C(=O)CCl. The van der Waals surface area contributed by atoms with E-state index < -0.39 is 5.54 Å². The van der Waals surface area contributed by atoms with Gasteiger partial charge < -0.3 is 10.6 Å². The maximum absolute atomic E-state index is 11.5. The Hall–Kier alpha value is -0.770. The lowest BCUT2D eigenvalue weighted by atomic mass is 10.0. The van der Waals surface area contributed by atoms with E-state index in [1.807, 2.05) is 0 Å². The summed E-state index contributed by atoms with van der Waals surface area (Å²) in [5.74, 6) is -0.337. The molecule has 2 fully saturated rings. The van der Waals surface area contributed by atoms with Gasteiger partial charge in [0, 0.05) is 6.54 Å². The fraction of sp³-hybridized carbons (Fsp3) is 0.778. The summed E-state index contributed by atoms with van der Waals surface area (Å²) in [4.78, 5) is 24.4. The number of hydrogen-bond acceptors (Lipinski definition) is 2. The van der Waals surface area contributed by atoms with Gasteiger partial charge in [-0.25, -0.2) is 0 Å². The largest absolute Gasteiger partial charge is 0.368 e. The quantitative estimate of drug-likeness (QED) is 0.665. The second-order valence-corrected chi connectivity index (χ2v) is 4.28. The van der Waals surface area contributed by atoms with E-state index in [0.717, 1.165) is 19.3 Å². The number of fused-ring (bicyclic) bond motifs is 1. The summed E-state index contributed by atoms with van der Waals surface area (Å²) >= 11 is 5.49. The van der Waals surface area contributed by atoms with Crippen LogP contribution in [-0.4, -0.2) is 34.7 Å². The lowest BCUT2D eigenvalue weighted by Crippen LogP contribution is -2.54. The first-order valence-corrected chi connectivity index (χ1v) is 5.32. The van der Waals surface area contributed by atoms with Crippen LogP contribution in [0.25, 0.3) is 0 Å². The molecule has 2 N–H and O–H groups in total. The number of nitrogens with two attached hydrogens (primary N) is 1. The van der Waals surface area contributed by atoms with E-state index in [-0.39, 0.29) is 23.6 Å². The Morgan fingerprint density at radius 1 is 1.57 bits per heavy atom. The molecule has 0 aromatic carbocycles. The van der Waals surface area contributed by atoms with Crippen molar-refractivity contribution in [2.24, 2.45) is 11.7 Å². The molecule has 2 amide bonds. The molecular formula is C9H13ClN2O2. The smallest absolute Gasteiger partial charge is 0.243 e. The molecule has 0 unspecified atom stereocenters. The Morgan fingerprint density at radius 2 is 2.29 bits per heavy atom. The van der Waals surface area contributed by atoms with Crippen LogP contribution in [0.2, 0.25) is 0 Å². The molecule has 0 aromatic rings. The molecule has 5 heteroatoms. The number of hydrogen-bond donors (Lipinski definition) is 1. The van der Waals surface area contributed by atoms with E-state index in [0.29, 0.717) is 6.54 Å². The zero-order chi connectivity index (χ0) is 10.3. The number of nitrogens with zero attached hydrogens (tertiary/aromatic N) is 1. The van der Waals surface area contributed by atoms with Crippen LogP contribution in [0.3, 0.4) is 0 Å². The first-order valence-electron chi connectivity index (χ1n) is 4.79. The number of rotatable bonds is 2. The first-order chi connectivity index (χ1) is 6.63. The fourth-order valence-corrected chi connectivity index (χ4v) is 2.68. The first kappa shape index (κ1) is 9.77. The molecule has 2 atom stereocenters. The van der Waals surface area contributed by atoms with E-state index in [2.05, 4.69) is 0 Å². The summed E-state index contributed by atoms with van der Waals surface area (Å²) in [6, 6.07) is 0. The second-order valence-electron chi connectivity index (χ2n) is 4.01. The third-order valence-corrected chi connectivity index (χ3v) is 3.56. The number of primary amides is 1. The van der Waals surface area contributed by atoms with Crippen molar-refractivity contribution < 1.29 is 9.59 Å². The molecule has 0 spiro atoms. The van der Waals surface area contributed by atoms with Crippen LogP contribution >= 0.6 is 11.6 Å². The minimum Gasteiger partial charge on any atom is -0.368 e. The monoisotopic (exact) mass is 216 g/mol. The van der Waals surface area contributed by atoms with Gasteiger partial charge >= 0.3 is 0 Å². The maximum atomic E-state index is 11.5. The van der Waals surface area contributed by atoms with E-state index >= 15 is 0 Å². The third kappa shape index (κ3) is 1.13. The minimum absolute atomic E-state index is 0.0677. The average molecular weight is 217 g/mol. The molecule has 1 saturated carbocycles. The summed E-state index contributed by atoms with van der Waals surface area (Å²) in [6.07, 6.45) is 2.67. The van der Waals surface area contributed by atoms with E-state index in [4.69, 9.17) is 17.3 Å². The highest BCUT2D eigenvalue weighted by Gasteiger charge is 2.65. The van der Waals surface area contributed by atoms with Crippen LogP contribution in [0.5, 0.6) is 0 Å². The predicted octanol–water partition coefficient (Wildman–Crippen LogP) is 0.0916. The van der Waals surface area contributed by atoms with Crippen LogP contribution < -0.4 is 5.73 Å². The van der Waals surface area contributed by atoms with Crippen molar-refractivity contribution in [1.82, 2.24) is 4.90 Å². The van der Waals surface area contributed by atoms with Gasteiger partial charge in [-0.2, -0.15) is 0 Å². The molecule has 0 radical (unpaired) electrons. The normalized spacial score (nSPS) is 34.9. The van der Waals surface area contributed by atoms with Gasteiger partial charge in [0.2, 0.25) is 11.8 Å². The number of carbonyl (C=O) groups is 2. The van der Waals surface area contributed by atoms with Crippen LogP contribution in [0, 0.1) is 5.92 Å². The maximum Gasteiger partial charge on any atom is 0.243 e. The van der Waals surface area contributed by atoms with Crippen molar-refractivity contribution >= 4 is 23.4 Å². The number of halogens is 1. The van der Waals surface area contributed by atoms with Gasteiger partial charge in [0.1, 0.15) is 11.4 Å². The van der Waals surface area contributed by atoms with Gasteiger partial charge in [-0.3, -0.25) is 9.59 Å². The lowest BCUT2D eigenvalue weighted by molar-refractivity contribution is -0.141. The number of piperidine rings is 1. The van der Waals surface area contributed by atoms with Crippen molar-refractivity contribution in [2.75, 3.05) is 12.4 Å². The second kappa shape index (κ2) is 3.12. The van der Waals surface area contributed by atoms with Gasteiger partial charge in [-0.15, -0.1) is 11.6 Å². The Bertz CT molecular complexity index is 295. The molecule has 1 heterocycles. The average Bonchev–Trinajstić information content (AvgIpc) is 2.91. The van der Waals surface area contributed by atoms with Crippen LogP contribution in [0.4, 0.5) is 0 Å². The van der Waals surface area contributed by atoms with E-state index in [1.165, 1.54) is 0 Å². The topological polar surface area (TPSA) is 63.4 Å². The van der Waals surface area contributed by atoms with Gasteiger partial charge in [0.15, 0.2) is 0 Å². The fourth-order valence-electron chi connectivity index (χ4n) is 2.54. The third-order valence-electron chi connectivity index (χ3n) is 3.33. The molecular weight excluding hydrogens is 204 g/mol. The molecule has 1 saturated heterocycles. The van der Waals surface area contributed by atoms with Crippen molar-refractivity contribution in [2.45, 2.75) is 24.8 Å². The number of likely N-dealkylation sites (tertiary alicyclic amines) is 1. The Kier molecular flexibility index (Phi) is 2.18. The highest BCUT2D eigenvalue weighted by Crippen LogP contribution is 2.53. The summed E-state index contributed by atoms with van der Waals surface area (Å²) < 4.78 is 0. The van der Waals surface area contributed by atoms with Gasteiger partial charge in [-0.1, -0.05) is 0 Å². The Morgan fingerprint density at radius 3 is 2.86 bits per heavy atom. The summed E-state index contributed by atoms with van der Waals surface area (Å²) in [7, 11) is 0. The van der Waals surface area contributed by atoms with Gasteiger partial charge in [0.25, 0.3) is 0 Å². The molecule has 1 aliphatic heterocycles. The van der Waals surface area contributed by atoms with Crippen molar-refractivity contribution in [1.29, 1.82) is 0 Å². The minimum atomic E-state index is -0.676. The van der Waals surface area contributed by atoms with Crippen molar-refractivity contribution in [3.63, 3.8) is 0 Å². The van der Waals surface area contributed by atoms with Crippen molar-refractivity contribution in [3.05, 3.63) is 0 Å². The van der Waals surface area contributed by atoms with E-state index in [9.17, 15) is 9.59 Å². The predicted molar refractivity (Wildman–Crippen MR) is 51.7 cm³/mol. The highest BCUT2D eigenvalue weighted by atomic mass is 35.5. The molecule has 0 bridgehead atoms. The number of amides is 2. The molecule has 78 valence electrons. The lowest BCUT2D eigenvalue weighted by Gasteiger charge is -2.33. The summed E-state index contributed by atoms with van der Waals surface area (Å²) in [5.41, 5.74) is 4.67. The summed E-state index contributed by atoms with van der Waals surface area (Å²) in [6.45, 7) is 0.616. The van der Waals surface area contributed by atoms with Crippen molar-refractivity contribution in [3.8, 4) is 0 Å². The molecule has 0 aromatic heterocycles. The molecule has 4 nitrogen and oxygen atoms in total. The zero-order valence-electron chi connectivity index (χ0n) is 7.83. The summed E-state index contributed by atoms with van der Waals surface area (Å²) in [5, 5.41) is 0. The molecule has 14 heavy (non-hydrogen) atoms. The van der Waals surface area contributed by atoms with E-state index in [1.54, 1.807) is 4.90 Å². The number of alkyl halides is 1. The number of carbonyl (C=O) groups excluding carboxylic acids is 2. The van der Waals surface area contributed by atoms with Gasteiger partial charge in [-0.05, 0) is 25.2 Å². The highest BCUT2D eigenvalue weighted by molar-refractivity contribution is 6.27.